The van der Waals surface area contributed by atoms with E-state index in [-0.39, 0.29) is 11.3 Å². The fourth-order valence-corrected chi connectivity index (χ4v) is 3.57. The van der Waals surface area contributed by atoms with Gasteiger partial charge in [-0.25, -0.2) is 0 Å². The van der Waals surface area contributed by atoms with Crippen molar-refractivity contribution in [3.8, 4) is 0 Å². The van der Waals surface area contributed by atoms with E-state index in [9.17, 15) is 4.79 Å². The molecule has 0 radical (unpaired) electrons. The monoisotopic (exact) mass is 260 g/mol. The fourth-order valence-electron chi connectivity index (χ4n) is 2.47. The zero-order chi connectivity index (χ0) is 13.3. The van der Waals surface area contributed by atoms with Gasteiger partial charge in [-0.05, 0) is 37.3 Å². The van der Waals surface area contributed by atoms with Crippen LogP contribution in [0.2, 0.25) is 0 Å². The van der Waals surface area contributed by atoms with Crippen molar-refractivity contribution in [2.24, 2.45) is 17.3 Å². The average Bonchev–Trinajstić information content (AvgIpc) is 2.80. The molecule has 1 aliphatic carbocycles. The highest BCUT2D eigenvalue weighted by molar-refractivity contribution is 8.13. The molecule has 0 aromatic heterocycles. The van der Waals surface area contributed by atoms with Gasteiger partial charge in [-0.2, -0.15) is 0 Å². The highest BCUT2D eigenvalue weighted by atomic mass is 32.2. The van der Waals surface area contributed by atoms with E-state index in [4.69, 9.17) is 0 Å². The van der Waals surface area contributed by atoms with Crippen molar-refractivity contribution in [2.45, 2.75) is 32.6 Å². The number of hydrogen-bond acceptors (Lipinski definition) is 2. The van der Waals surface area contributed by atoms with Crippen molar-refractivity contribution >= 4 is 16.9 Å². The Morgan fingerprint density at radius 2 is 1.83 bits per heavy atom. The van der Waals surface area contributed by atoms with Crippen molar-refractivity contribution in [3.05, 3.63) is 42.0 Å². The first kappa shape index (κ1) is 13.4. The number of carbonyl (C=O) groups excluding carboxylic acids is 1. The highest BCUT2D eigenvalue weighted by Gasteiger charge is 2.60. The molecule has 2 atom stereocenters. The minimum Gasteiger partial charge on any atom is -0.286 e. The van der Waals surface area contributed by atoms with Crippen molar-refractivity contribution in [1.29, 1.82) is 0 Å². The van der Waals surface area contributed by atoms with E-state index in [0.717, 1.165) is 4.90 Å². The summed E-state index contributed by atoms with van der Waals surface area (Å²) in [6, 6.07) is 9.91. The van der Waals surface area contributed by atoms with Crippen LogP contribution in [0, 0.1) is 17.3 Å². The Labute approximate surface area is 114 Å². The third kappa shape index (κ3) is 2.69. The quantitative estimate of drug-likeness (QED) is 0.586. The predicted molar refractivity (Wildman–Crippen MR) is 77.5 cm³/mol. The Morgan fingerprint density at radius 1 is 1.22 bits per heavy atom. The molecule has 18 heavy (non-hydrogen) atoms. The first-order chi connectivity index (χ1) is 8.43. The van der Waals surface area contributed by atoms with Crippen LogP contribution in [0.4, 0.5) is 0 Å². The van der Waals surface area contributed by atoms with E-state index in [0.29, 0.717) is 11.0 Å². The van der Waals surface area contributed by atoms with Crippen LogP contribution in [0.3, 0.4) is 0 Å². The van der Waals surface area contributed by atoms with Gasteiger partial charge in [-0.3, -0.25) is 4.79 Å². The molecule has 1 saturated carbocycles. The van der Waals surface area contributed by atoms with Gasteiger partial charge in [0.1, 0.15) is 0 Å². The van der Waals surface area contributed by atoms with E-state index >= 15 is 0 Å². The van der Waals surface area contributed by atoms with E-state index < -0.39 is 0 Å². The summed E-state index contributed by atoms with van der Waals surface area (Å²) >= 11 is 1.38. The molecule has 2 heteroatoms. The van der Waals surface area contributed by atoms with Gasteiger partial charge in [-0.15, -0.1) is 0 Å². The third-order valence-corrected chi connectivity index (χ3v) is 4.60. The SMILES string of the molecule is CC(C)=C[C@H]1[C@H](C(=O)Sc2ccccc2)C1(C)C. The van der Waals surface area contributed by atoms with Gasteiger partial charge < -0.3 is 0 Å². The first-order valence-electron chi connectivity index (χ1n) is 6.34. The Bertz CT molecular complexity index is 469. The molecule has 96 valence electrons. The molecule has 0 spiro atoms. The van der Waals surface area contributed by atoms with Crippen molar-refractivity contribution in [1.82, 2.24) is 0 Å². The first-order valence-corrected chi connectivity index (χ1v) is 7.16. The second kappa shape index (κ2) is 4.93. The van der Waals surface area contributed by atoms with Crippen LogP contribution in [0.1, 0.15) is 27.7 Å². The van der Waals surface area contributed by atoms with Crippen LogP contribution >= 0.6 is 11.8 Å². The van der Waals surface area contributed by atoms with Gasteiger partial charge in [0.05, 0.1) is 0 Å². The van der Waals surface area contributed by atoms with Gasteiger partial charge in [-0.1, -0.05) is 55.5 Å². The number of allylic oxidation sites excluding steroid dienone is 2. The standard InChI is InChI=1S/C16H20OS/c1-11(2)10-13-14(16(13,3)4)15(17)18-12-8-6-5-7-9-12/h5-10,13-14H,1-4H3/t13-,14+/m0/s1. The summed E-state index contributed by atoms with van der Waals surface area (Å²) in [5.41, 5.74) is 1.42. The normalized spacial score (nSPS) is 24.4. The van der Waals surface area contributed by atoms with Gasteiger partial charge in [0.15, 0.2) is 5.12 Å². The molecule has 2 rings (SSSR count). The van der Waals surface area contributed by atoms with E-state index in [2.05, 4.69) is 33.8 Å². The minimum absolute atomic E-state index is 0.121. The second-order valence-electron chi connectivity index (χ2n) is 5.80. The van der Waals surface area contributed by atoms with Crippen LogP contribution < -0.4 is 0 Å². The topological polar surface area (TPSA) is 17.1 Å². The van der Waals surface area contributed by atoms with E-state index in [1.165, 1.54) is 17.3 Å². The predicted octanol–water partition coefficient (Wildman–Crippen LogP) is 4.54. The molecular weight excluding hydrogens is 240 g/mol. The van der Waals surface area contributed by atoms with Crippen molar-refractivity contribution in [2.75, 3.05) is 0 Å². The average molecular weight is 260 g/mol. The number of carbonyl (C=O) groups is 1. The maximum absolute atomic E-state index is 12.3. The molecule has 1 aliphatic rings. The van der Waals surface area contributed by atoms with E-state index in [1.54, 1.807) is 0 Å². The highest BCUT2D eigenvalue weighted by Crippen LogP contribution is 2.61. The Balaban J connectivity index is 2.05. The summed E-state index contributed by atoms with van der Waals surface area (Å²) in [5, 5.41) is 0.300. The summed E-state index contributed by atoms with van der Waals surface area (Å²) in [4.78, 5) is 13.4. The lowest BCUT2D eigenvalue weighted by molar-refractivity contribution is -0.112. The molecule has 1 aromatic carbocycles. The number of benzene rings is 1. The van der Waals surface area contributed by atoms with Gasteiger partial charge in [0.25, 0.3) is 0 Å². The Hall–Kier alpha value is -1.02. The maximum Gasteiger partial charge on any atom is 0.197 e. The van der Waals surface area contributed by atoms with Crippen molar-refractivity contribution in [3.63, 3.8) is 0 Å². The lowest BCUT2D eigenvalue weighted by atomic mass is 10.1. The Kier molecular flexibility index (Phi) is 3.67. The summed E-state index contributed by atoms with van der Waals surface area (Å²) in [6.07, 6.45) is 2.24. The molecular formula is C16H20OS. The molecule has 0 amide bonds. The third-order valence-electron chi connectivity index (χ3n) is 3.64. The largest absolute Gasteiger partial charge is 0.286 e. The van der Waals surface area contributed by atoms with Gasteiger partial charge in [0, 0.05) is 10.8 Å². The molecule has 1 aromatic rings. The van der Waals surface area contributed by atoms with Gasteiger partial charge >= 0.3 is 0 Å². The molecule has 0 heterocycles. The lowest BCUT2D eigenvalue weighted by Crippen LogP contribution is -2.00. The summed E-state index contributed by atoms with van der Waals surface area (Å²) in [7, 11) is 0. The van der Waals surface area contributed by atoms with E-state index in [1.807, 2.05) is 30.3 Å². The number of thioether (sulfide) groups is 1. The number of hydrogen-bond donors (Lipinski definition) is 0. The lowest BCUT2D eigenvalue weighted by Gasteiger charge is -2.01. The molecule has 1 fully saturated rings. The fraction of sp³-hybridized carbons (Fsp3) is 0.438. The zero-order valence-electron chi connectivity index (χ0n) is 11.4. The molecule has 0 bridgehead atoms. The van der Waals surface area contributed by atoms with Crippen LogP contribution in [-0.2, 0) is 4.79 Å². The molecule has 1 nitrogen and oxygen atoms in total. The van der Waals surface area contributed by atoms with Crippen LogP contribution in [0.15, 0.2) is 46.9 Å². The van der Waals surface area contributed by atoms with Gasteiger partial charge in [0.2, 0.25) is 0 Å². The van der Waals surface area contributed by atoms with Crippen LogP contribution in [-0.4, -0.2) is 5.12 Å². The Morgan fingerprint density at radius 3 is 2.39 bits per heavy atom. The summed E-state index contributed by atoms with van der Waals surface area (Å²) < 4.78 is 0. The smallest absolute Gasteiger partial charge is 0.197 e. The summed E-state index contributed by atoms with van der Waals surface area (Å²) in [6.45, 7) is 8.57. The number of rotatable bonds is 3. The molecule has 0 saturated heterocycles. The maximum atomic E-state index is 12.3. The minimum atomic E-state index is 0.121. The molecule has 0 unspecified atom stereocenters. The van der Waals surface area contributed by atoms with Crippen LogP contribution in [0.5, 0.6) is 0 Å². The van der Waals surface area contributed by atoms with Crippen molar-refractivity contribution < 1.29 is 4.79 Å². The molecule has 0 N–H and O–H groups in total. The summed E-state index contributed by atoms with van der Waals surface area (Å²) in [5.74, 6) is 0.573. The zero-order valence-corrected chi connectivity index (χ0v) is 12.3. The molecule has 0 aliphatic heterocycles. The van der Waals surface area contributed by atoms with Crippen LogP contribution in [0.25, 0.3) is 0 Å². The second-order valence-corrected chi connectivity index (χ2v) is 6.88.